The van der Waals surface area contributed by atoms with Gasteiger partial charge in [0.2, 0.25) is 0 Å². The fourth-order valence-corrected chi connectivity index (χ4v) is 8.00. The average molecular weight is 453 g/mol. The van der Waals surface area contributed by atoms with Gasteiger partial charge in [-0.05, 0) is 53.2 Å². The first-order valence-corrected chi connectivity index (χ1v) is 11.1. The maximum Gasteiger partial charge on any atom is 0.148 e. The third-order valence-corrected chi connectivity index (χ3v) is 9.41. The largest absolute Gasteiger partial charge is 1.00 e. The van der Waals surface area contributed by atoms with Crippen molar-refractivity contribution < 1.29 is 17.0 Å². The summed E-state index contributed by atoms with van der Waals surface area (Å²) in [7, 11) is -1.75. The monoisotopic (exact) mass is 452 g/mol. The molecule has 0 atom stereocenters. The van der Waals surface area contributed by atoms with Crippen LogP contribution in [0.4, 0.5) is 0 Å². The molecule has 4 aromatic rings. The highest BCUT2D eigenvalue weighted by Gasteiger charge is 2.44. The number of aromatic amines is 1. The fraction of sp³-hybridized carbons (Fsp3) is 0.136. The van der Waals surface area contributed by atoms with Crippen LogP contribution in [0.15, 0.2) is 91.0 Å². The van der Waals surface area contributed by atoms with E-state index >= 15 is 0 Å². The van der Waals surface area contributed by atoms with Gasteiger partial charge in [-0.2, -0.15) is 0 Å². The van der Waals surface area contributed by atoms with Crippen molar-refractivity contribution in [1.82, 2.24) is 20.6 Å². The van der Waals surface area contributed by atoms with Gasteiger partial charge >= 0.3 is 0 Å². The first-order valence-electron chi connectivity index (χ1n) is 9.17. The molecular weight excluding hydrogens is 431 g/mol. The molecule has 0 aliphatic carbocycles. The van der Waals surface area contributed by atoms with Crippen molar-refractivity contribution in [2.24, 2.45) is 0 Å². The summed E-state index contributed by atoms with van der Waals surface area (Å²) in [4.78, 5) is 0. The number of rotatable bonds is 7. The average Bonchev–Trinajstić information content (AvgIpc) is 3.27. The van der Waals surface area contributed by atoms with Crippen molar-refractivity contribution in [2.45, 2.75) is 12.8 Å². The zero-order valence-electron chi connectivity index (χ0n) is 15.4. The van der Waals surface area contributed by atoms with Gasteiger partial charge in [0.05, 0.1) is 6.16 Å². The molecule has 6 heteroatoms. The van der Waals surface area contributed by atoms with Gasteiger partial charge in [0.25, 0.3) is 0 Å². The van der Waals surface area contributed by atoms with Crippen LogP contribution in [-0.4, -0.2) is 26.8 Å². The van der Waals surface area contributed by atoms with E-state index < -0.39 is 7.26 Å². The number of halogens is 1. The van der Waals surface area contributed by atoms with Crippen LogP contribution < -0.4 is 32.9 Å². The Morgan fingerprint density at radius 2 is 1.14 bits per heavy atom. The third kappa shape index (κ3) is 4.21. The van der Waals surface area contributed by atoms with Crippen LogP contribution in [0.1, 0.15) is 12.2 Å². The van der Waals surface area contributed by atoms with Crippen LogP contribution in [0, 0.1) is 0 Å². The van der Waals surface area contributed by atoms with Gasteiger partial charge in [-0.25, -0.2) is 5.10 Å². The van der Waals surface area contributed by atoms with Crippen molar-refractivity contribution in [3.8, 4) is 0 Å². The van der Waals surface area contributed by atoms with Gasteiger partial charge in [-0.3, -0.25) is 0 Å². The van der Waals surface area contributed by atoms with Crippen LogP contribution in [0.3, 0.4) is 0 Å². The second-order valence-corrected chi connectivity index (χ2v) is 10.1. The van der Waals surface area contributed by atoms with Crippen LogP contribution in [0.2, 0.25) is 0 Å². The number of tetrazole rings is 1. The summed E-state index contributed by atoms with van der Waals surface area (Å²) in [5.41, 5.74) is 0. The van der Waals surface area contributed by atoms with E-state index in [0.717, 1.165) is 24.8 Å². The van der Waals surface area contributed by atoms with Crippen LogP contribution in [-0.2, 0) is 6.42 Å². The second kappa shape index (κ2) is 9.72. The van der Waals surface area contributed by atoms with E-state index in [9.17, 15) is 0 Å². The summed E-state index contributed by atoms with van der Waals surface area (Å²) in [5, 5.41) is 18.6. The Morgan fingerprint density at radius 3 is 1.54 bits per heavy atom. The molecule has 0 spiro atoms. The van der Waals surface area contributed by atoms with Gasteiger partial charge in [0, 0.05) is 6.42 Å². The highest BCUT2D eigenvalue weighted by Crippen LogP contribution is 2.55. The Labute approximate surface area is 176 Å². The Balaban J connectivity index is 0.00000225. The number of aryl methyl sites for hydroxylation is 1. The molecular formula is C22H22BrN4P. The Morgan fingerprint density at radius 1 is 0.679 bits per heavy atom. The van der Waals surface area contributed by atoms with E-state index in [-0.39, 0.29) is 17.0 Å². The lowest BCUT2D eigenvalue weighted by atomic mass is 10.3. The van der Waals surface area contributed by atoms with Crippen molar-refractivity contribution >= 4 is 23.2 Å². The molecule has 0 bridgehead atoms. The molecule has 0 saturated carbocycles. The SMILES string of the molecule is [Br-].c1ccc([P+](CCCc2nnn[nH]2)(c2ccccc2)c2ccccc2)cc1. The minimum atomic E-state index is -1.75. The van der Waals surface area contributed by atoms with Gasteiger partial charge in [-0.1, -0.05) is 54.6 Å². The van der Waals surface area contributed by atoms with E-state index in [2.05, 4.69) is 112 Å². The number of aromatic nitrogens is 4. The topological polar surface area (TPSA) is 54.5 Å². The summed E-state index contributed by atoms with van der Waals surface area (Å²) in [6.45, 7) is 0. The molecule has 0 saturated heterocycles. The molecule has 0 unspecified atom stereocenters. The number of benzene rings is 3. The van der Waals surface area contributed by atoms with Crippen LogP contribution in [0.5, 0.6) is 0 Å². The van der Waals surface area contributed by atoms with E-state index in [4.69, 9.17) is 0 Å². The Bertz CT molecular complexity index is 851. The van der Waals surface area contributed by atoms with Crippen molar-refractivity contribution in [3.63, 3.8) is 0 Å². The van der Waals surface area contributed by atoms with Crippen LogP contribution >= 0.6 is 7.26 Å². The summed E-state index contributed by atoms with van der Waals surface area (Å²) >= 11 is 0. The number of hydrogen-bond donors (Lipinski definition) is 1. The first kappa shape index (κ1) is 20.4. The lowest BCUT2D eigenvalue weighted by Crippen LogP contribution is -3.00. The molecule has 4 rings (SSSR count). The third-order valence-electron chi connectivity index (χ3n) is 4.89. The molecule has 0 aliphatic heterocycles. The maximum atomic E-state index is 4.05. The zero-order chi connectivity index (χ0) is 18.4. The van der Waals surface area contributed by atoms with Gasteiger partial charge in [0.15, 0.2) is 0 Å². The summed E-state index contributed by atoms with van der Waals surface area (Å²) in [6, 6.07) is 32.9. The quantitative estimate of drug-likeness (QED) is 0.405. The molecule has 142 valence electrons. The molecule has 3 aromatic carbocycles. The summed E-state index contributed by atoms with van der Waals surface area (Å²) < 4.78 is 0. The standard InChI is InChI=1S/C22H22N4P.BrH/c1-4-11-19(12-5-1)27(20-13-6-2-7-14-20,21-15-8-3-9-16-21)18-10-17-22-23-25-26-24-22;/h1-9,11-16H,10,17-18H2,(H,23,24,25,26);1H/q+1;/p-1. The van der Waals surface area contributed by atoms with Crippen molar-refractivity contribution in [3.05, 3.63) is 96.8 Å². The minimum absolute atomic E-state index is 0. The van der Waals surface area contributed by atoms with E-state index in [1.807, 2.05) is 0 Å². The number of nitrogens with one attached hydrogen (secondary N) is 1. The minimum Gasteiger partial charge on any atom is -1.00 e. The van der Waals surface area contributed by atoms with E-state index in [1.54, 1.807) is 0 Å². The van der Waals surface area contributed by atoms with Crippen molar-refractivity contribution in [2.75, 3.05) is 6.16 Å². The Kier molecular flexibility index (Phi) is 7.07. The molecule has 0 amide bonds. The Hall–Kier alpha value is -2.36. The molecule has 4 nitrogen and oxygen atoms in total. The normalized spacial score (nSPS) is 11.0. The van der Waals surface area contributed by atoms with Gasteiger partial charge < -0.3 is 17.0 Å². The molecule has 0 fully saturated rings. The molecule has 1 heterocycles. The molecule has 1 N–H and O–H groups in total. The van der Waals surface area contributed by atoms with Crippen LogP contribution in [0.25, 0.3) is 0 Å². The second-order valence-electron chi connectivity index (χ2n) is 6.49. The highest BCUT2D eigenvalue weighted by molar-refractivity contribution is 7.95. The lowest BCUT2D eigenvalue weighted by Gasteiger charge is -2.27. The fourth-order valence-electron chi connectivity index (χ4n) is 3.65. The zero-order valence-corrected chi connectivity index (χ0v) is 17.9. The lowest BCUT2D eigenvalue weighted by molar-refractivity contribution is -0.00000552. The van der Waals surface area contributed by atoms with E-state index in [1.165, 1.54) is 15.9 Å². The van der Waals surface area contributed by atoms with E-state index in [0.29, 0.717) is 0 Å². The van der Waals surface area contributed by atoms with Gasteiger partial charge in [-0.15, -0.1) is 5.10 Å². The van der Waals surface area contributed by atoms with Crippen molar-refractivity contribution in [1.29, 1.82) is 0 Å². The molecule has 0 aliphatic rings. The number of nitrogens with zero attached hydrogens (tertiary/aromatic N) is 3. The smallest absolute Gasteiger partial charge is 0.148 e. The predicted molar refractivity (Wildman–Crippen MR) is 113 cm³/mol. The number of hydrogen-bond acceptors (Lipinski definition) is 3. The maximum absolute atomic E-state index is 4.05. The number of H-pyrrole nitrogens is 1. The predicted octanol–water partition coefficient (Wildman–Crippen LogP) is 0.130. The molecule has 28 heavy (non-hydrogen) atoms. The van der Waals surface area contributed by atoms with Gasteiger partial charge in [0.1, 0.15) is 29.0 Å². The highest BCUT2D eigenvalue weighted by atomic mass is 79.9. The first-order chi connectivity index (χ1) is 13.4. The summed E-state index contributed by atoms with van der Waals surface area (Å²) in [5.74, 6) is 0.849. The molecule has 0 radical (unpaired) electrons. The summed E-state index contributed by atoms with van der Waals surface area (Å²) in [6.07, 6.45) is 2.94. The molecule has 1 aromatic heterocycles.